The van der Waals surface area contributed by atoms with Crippen molar-refractivity contribution in [3.63, 3.8) is 0 Å². The number of benzene rings is 1. The molecule has 0 aliphatic carbocycles. The maximum Gasteiger partial charge on any atom is 0.416 e. The molecule has 0 radical (unpaired) electrons. The number of nitrogen functional groups attached to an aromatic ring is 1. The first-order valence-corrected chi connectivity index (χ1v) is 11.5. The maximum atomic E-state index is 13.3. The van der Waals surface area contributed by atoms with Gasteiger partial charge in [0.05, 0.1) is 22.7 Å². The lowest BCUT2D eigenvalue weighted by atomic mass is 10.0. The van der Waals surface area contributed by atoms with Crippen LogP contribution >= 0.6 is 0 Å². The van der Waals surface area contributed by atoms with Crippen LogP contribution < -0.4 is 21.5 Å². The molecule has 3 heterocycles. The van der Waals surface area contributed by atoms with Crippen LogP contribution in [0.3, 0.4) is 0 Å². The molecule has 2 aromatic heterocycles. The maximum absolute atomic E-state index is 13.3. The van der Waals surface area contributed by atoms with E-state index in [1.165, 1.54) is 16.8 Å². The summed E-state index contributed by atoms with van der Waals surface area (Å²) in [6.07, 6.45) is -1.65. The largest absolute Gasteiger partial charge is 0.416 e. The molecule has 0 saturated carbocycles. The van der Waals surface area contributed by atoms with Gasteiger partial charge in [-0.05, 0) is 49.6 Å². The van der Waals surface area contributed by atoms with Gasteiger partial charge in [-0.25, -0.2) is 4.98 Å². The molecule has 1 atom stereocenters. The first-order valence-electron chi connectivity index (χ1n) is 11.5. The number of alkyl halides is 3. The Morgan fingerprint density at radius 3 is 2.61 bits per heavy atom. The number of aryl methyl sites for hydroxylation is 1. The molecule has 3 aromatic rings. The summed E-state index contributed by atoms with van der Waals surface area (Å²) in [5, 5.41) is 13.3. The van der Waals surface area contributed by atoms with Crippen molar-refractivity contribution in [3.05, 3.63) is 57.5 Å². The zero-order valence-electron chi connectivity index (χ0n) is 20.2. The van der Waals surface area contributed by atoms with Gasteiger partial charge in [-0.1, -0.05) is 0 Å². The number of nitriles is 1. The van der Waals surface area contributed by atoms with Gasteiger partial charge in [0.15, 0.2) is 0 Å². The minimum absolute atomic E-state index is 0.00566. The Labute approximate surface area is 206 Å². The zero-order valence-corrected chi connectivity index (χ0v) is 20.2. The number of nitrogens with zero attached hydrogens (tertiary/aromatic N) is 4. The fourth-order valence-corrected chi connectivity index (χ4v) is 4.58. The van der Waals surface area contributed by atoms with E-state index in [4.69, 9.17) is 10.5 Å². The third kappa shape index (κ3) is 4.81. The van der Waals surface area contributed by atoms with Crippen molar-refractivity contribution in [2.45, 2.75) is 38.0 Å². The van der Waals surface area contributed by atoms with Gasteiger partial charge in [-0.2, -0.15) is 18.4 Å². The van der Waals surface area contributed by atoms with Crippen LogP contribution in [0.15, 0.2) is 35.3 Å². The van der Waals surface area contributed by atoms with Crippen molar-refractivity contribution in [1.29, 1.82) is 5.26 Å². The third-order valence-electron chi connectivity index (χ3n) is 6.63. The van der Waals surface area contributed by atoms with Crippen molar-refractivity contribution >= 4 is 28.1 Å². The van der Waals surface area contributed by atoms with Crippen molar-refractivity contribution in [3.8, 4) is 6.07 Å². The summed E-state index contributed by atoms with van der Waals surface area (Å²) < 4.78 is 46.8. The fourth-order valence-electron chi connectivity index (χ4n) is 4.58. The first-order chi connectivity index (χ1) is 17.0. The number of pyridine rings is 2. The van der Waals surface area contributed by atoms with Gasteiger partial charge in [0.1, 0.15) is 17.6 Å². The highest BCUT2D eigenvalue weighted by molar-refractivity contribution is 5.95. The molecule has 36 heavy (non-hydrogen) atoms. The highest BCUT2D eigenvalue weighted by Crippen LogP contribution is 2.34. The summed E-state index contributed by atoms with van der Waals surface area (Å²) in [5.41, 5.74) is 6.00. The Hall–Kier alpha value is -3.78. The number of aromatic nitrogens is 2. The molecule has 1 aliphatic rings. The Morgan fingerprint density at radius 2 is 1.97 bits per heavy atom. The predicted molar refractivity (Wildman–Crippen MR) is 132 cm³/mol. The zero-order chi connectivity index (χ0) is 26.2. The van der Waals surface area contributed by atoms with Gasteiger partial charge in [-0.15, -0.1) is 0 Å². The van der Waals surface area contributed by atoms with E-state index in [1.54, 1.807) is 20.0 Å². The van der Waals surface area contributed by atoms with Crippen LogP contribution in [0.4, 0.5) is 30.4 Å². The lowest BCUT2D eigenvalue weighted by Gasteiger charge is -2.33. The number of nitrogens with two attached hydrogens (primary N) is 1. The second kappa shape index (κ2) is 9.70. The van der Waals surface area contributed by atoms with Crippen molar-refractivity contribution < 1.29 is 17.9 Å². The lowest BCUT2D eigenvalue weighted by molar-refractivity contribution is -0.137. The molecule has 4 rings (SSSR count). The van der Waals surface area contributed by atoms with Gasteiger partial charge < -0.3 is 25.3 Å². The Kier molecular flexibility index (Phi) is 6.82. The molecule has 1 saturated heterocycles. The number of anilines is 3. The minimum atomic E-state index is -4.54. The highest BCUT2D eigenvalue weighted by atomic mass is 19.4. The van der Waals surface area contributed by atoms with Gasteiger partial charge >= 0.3 is 6.18 Å². The van der Waals surface area contributed by atoms with Gasteiger partial charge in [0.2, 0.25) is 0 Å². The predicted octanol–water partition coefficient (Wildman–Crippen LogP) is 4.19. The molecular formula is C25H27F3N6O2. The number of hydrogen-bond acceptors (Lipinski definition) is 7. The van der Waals surface area contributed by atoms with Crippen LogP contribution in [-0.4, -0.2) is 35.9 Å². The monoisotopic (exact) mass is 500 g/mol. The summed E-state index contributed by atoms with van der Waals surface area (Å²) in [5.74, 6) is 0.338. The SMILES string of the molecule is C[C@@H](Nc1ncc(C#N)c2c1cc(N(C)C1CCOCC1)c(=O)n2C)c1cc(N)cc(C(F)(F)F)c1. The molecule has 1 aromatic carbocycles. The third-order valence-corrected chi connectivity index (χ3v) is 6.63. The van der Waals surface area contributed by atoms with Crippen molar-refractivity contribution in [1.82, 2.24) is 9.55 Å². The summed E-state index contributed by atoms with van der Waals surface area (Å²) in [7, 11) is 3.44. The molecule has 3 N–H and O–H groups in total. The van der Waals surface area contributed by atoms with Gasteiger partial charge in [0, 0.05) is 50.6 Å². The molecule has 1 fully saturated rings. The first kappa shape index (κ1) is 25.3. The number of fused-ring (bicyclic) bond motifs is 1. The normalized spacial score (nSPS) is 15.5. The van der Waals surface area contributed by atoms with Crippen LogP contribution in [0.25, 0.3) is 10.9 Å². The number of nitrogens with one attached hydrogen (secondary N) is 1. The second-order valence-corrected chi connectivity index (χ2v) is 8.99. The van der Waals surface area contributed by atoms with Crippen LogP contribution in [0.1, 0.15) is 42.5 Å². The quantitative estimate of drug-likeness (QED) is 0.506. The van der Waals surface area contributed by atoms with E-state index in [1.807, 2.05) is 11.9 Å². The molecule has 0 spiro atoms. The van der Waals surface area contributed by atoms with Crippen LogP contribution in [0.2, 0.25) is 0 Å². The van der Waals surface area contributed by atoms with E-state index in [2.05, 4.69) is 16.4 Å². The molecule has 0 amide bonds. The van der Waals surface area contributed by atoms with E-state index in [9.17, 15) is 23.2 Å². The Bertz CT molecular complexity index is 1390. The highest BCUT2D eigenvalue weighted by Gasteiger charge is 2.31. The number of halogens is 3. The Morgan fingerprint density at radius 1 is 1.28 bits per heavy atom. The topological polar surface area (TPSA) is 109 Å². The average Bonchev–Trinajstić information content (AvgIpc) is 2.85. The molecule has 11 heteroatoms. The van der Waals surface area contributed by atoms with Gasteiger partial charge in [-0.3, -0.25) is 4.79 Å². The molecule has 0 unspecified atom stereocenters. The fraction of sp³-hybridized carbons (Fsp3) is 0.400. The molecular weight excluding hydrogens is 473 g/mol. The van der Waals surface area contributed by atoms with Gasteiger partial charge in [0.25, 0.3) is 5.56 Å². The summed E-state index contributed by atoms with van der Waals surface area (Å²) in [6.45, 7) is 2.90. The Balaban J connectivity index is 1.80. The smallest absolute Gasteiger partial charge is 0.399 e. The summed E-state index contributed by atoms with van der Waals surface area (Å²) in [4.78, 5) is 19.6. The number of rotatable bonds is 5. The van der Waals surface area contributed by atoms with Crippen LogP contribution in [-0.2, 0) is 18.0 Å². The number of hydrogen-bond donors (Lipinski definition) is 2. The molecule has 0 bridgehead atoms. The van der Waals surface area contributed by atoms with E-state index in [0.29, 0.717) is 41.2 Å². The van der Waals surface area contributed by atoms with Crippen LogP contribution in [0, 0.1) is 11.3 Å². The summed E-state index contributed by atoms with van der Waals surface area (Å²) >= 11 is 0. The van der Waals surface area contributed by atoms with Crippen LogP contribution in [0.5, 0.6) is 0 Å². The standard InChI is InChI=1S/C25H27F3N6O2/c1-14(15-8-17(25(26,27)28)10-18(30)9-15)32-23-20-11-21(33(2)19-4-6-36-7-5-19)24(35)34(3)22(20)16(12-29)13-31-23/h8-11,13-14,19H,4-7,30H2,1-3H3,(H,31,32)/t14-/m1/s1. The van der Waals surface area contributed by atoms with E-state index in [-0.39, 0.29) is 22.9 Å². The minimum Gasteiger partial charge on any atom is -0.399 e. The van der Waals surface area contributed by atoms with Crippen molar-refractivity contribution in [2.75, 3.05) is 36.2 Å². The molecule has 1 aliphatic heterocycles. The molecule has 190 valence electrons. The number of ether oxygens (including phenoxy) is 1. The van der Waals surface area contributed by atoms with E-state index in [0.717, 1.165) is 25.0 Å². The summed E-state index contributed by atoms with van der Waals surface area (Å²) in [6, 6.07) is 6.67. The van der Waals surface area contributed by atoms with E-state index < -0.39 is 17.8 Å². The average molecular weight is 501 g/mol. The van der Waals surface area contributed by atoms with Crippen molar-refractivity contribution in [2.24, 2.45) is 7.05 Å². The van der Waals surface area contributed by atoms with E-state index >= 15 is 0 Å². The lowest BCUT2D eigenvalue weighted by Crippen LogP contribution is -2.40. The molecule has 8 nitrogen and oxygen atoms in total. The second-order valence-electron chi connectivity index (χ2n) is 8.99.